The summed E-state index contributed by atoms with van der Waals surface area (Å²) < 4.78 is 0. The van der Waals surface area contributed by atoms with Gasteiger partial charge in [0.1, 0.15) is 0 Å². The summed E-state index contributed by atoms with van der Waals surface area (Å²) in [7, 11) is 0. The lowest BCUT2D eigenvalue weighted by Gasteiger charge is -2.18. The van der Waals surface area contributed by atoms with Crippen molar-refractivity contribution in [2.75, 3.05) is 18.0 Å². The molecule has 3 rings (SSSR count). The van der Waals surface area contributed by atoms with Crippen LogP contribution in [0.25, 0.3) is 0 Å². The van der Waals surface area contributed by atoms with Crippen LogP contribution in [0.5, 0.6) is 0 Å². The highest BCUT2D eigenvalue weighted by Gasteiger charge is 2.24. The number of thiazole rings is 1. The predicted molar refractivity (Wildman–Crippen MR) is 99.6 cm³/mol. The maximum atomic E-state index is 4.79. The Bertz CT molecular complexity index is 682. The molecule has 0 spiro atoms. The van der Waals surface area contributed by atoms with Crippen LogP contribution in [0.1, 0.15) is 42.4 Å². The molecule has 1 unspecified atom stereocenters. The standard InChI is InChI=1S/C18H27N5S/c1-12(2)7-16-8-13(3)20-18(22-16)23-6-5-15(10-23)19-9-17-11-24-14(4)21-17/h8,11-12,15,19H,5-7,9-10H2,1-4H3. The molecule has 0 aliphatic carbocycles. The van der Waals surface area contributed by atoms with Gasteiger partial charge in [0.25, 0.3) is 0 Å². The summed E-state index contributed by atoms with van der Waals surface area (Å²) >= 11 is 1.71. The van der Waals surface area contributed by atoms with Crippen molar-refractivity contribution in [2.45, 2.75) is 53.1 Å². The Labute approximate surface area is 148 Å². The van der Waals surface area contributed by atoms with Crippen LogP contribution in [0, 0.1) is 19.8 Å². The second kappa shape index (κ2) is 7.57. The van der Waals surface area contributed by atoms with Gasteiger partial charge in [-0.15, -0.1) is 11.3 Å². The van der Waals surface area contributed by atoms with Crippen molar-refractivity contribution < 1.29 is 0 Å². The molecule has 2 aromatic heterocycles. The number of aromatic nitrogens is 3. The van der Waals surface area contributed by atoms with Crippen molar-refractivity contribution in [1.29, 1.82) is 0 Å². The van der Waals surface area contributed by atoms with Crippen LogP contribution in [0.4, 0.5) is 5.95 Å². The van der Waals surface area contributed by atoms with E-state index >= 15 is 0 Å². The first kappa shape index (κ1) is 17.3. The molecule has 0 aromatic carbocycles. The molecule has 0 saturated carbocycles. The van der Waals surface area contributed by atoms with Crippen molar-refractivity contribution >= 4 is 17.3 Å². The number of nitrogens with zero attached hydrogens (tertiary/aromatic N) is 4. The fourth-order valence-corrected chi connectivity index (χ4v) is 3.74. The number of nitrogens with one attached hydrogen (secondary N) is 1. The van der Waals surface area contributed by atoms with E-state index in [0.717, 1.165) is 60.5 Å². The van der Waals surface area contributed by atoms with Crippen LogP contribution in [-0.2, 0) is 13.0 Å². The lowest BCUT2D eigenvalue weighted by Crippen LogP contribution is -2.32. The largest absolute Gasteiger partial charge is 0.339 e. The van der Waals surface area contributed by atoms with Gasteiger partial charge in [0, 0.05) is 42.4 Å². The normalized spacial score (nSPS) is 17.9. The number of hydrogen-bond acceptors (Lipinski definition) is 6. The van der Waals surface area contributed by atoms with Crippen molar-refractivity contribution in [3.63, 3.8) is 0 Å². The van der Waals surface area contributed by atoms with Gasteiger partial charge in [-0.05, 0) is 38.7 Å². The highest BCUT2D eigenvalue weighted by molar-refractivity contribution is 7.09. The molecule has 0 bridgehead atoms. The fourth-order valence-electron chi connectivity index (χ4n) is 3.13. The van der Waals surface area contributed by atoms with Crippen molar-refractivity contribution in [2.24, 2.45) is 5.92 Å². The topological polar surface area (TPSA) is 53.9 Å². The summed E-state index contributed by atoms with van der Waals surface area (Å²) in [6, 6.07) is 2.59. The van der Waals surface area contributed by atoms with Gasteiger partial charge in [-0.25, -0.2) is 15.0 Å². The van der Waals surface area contributed by atoms with Gasteiger partial charge >= 0.3 is 0 Å². The fraction of sp³-hybridized carbons (Fsp3) is 0.611. The molecule has 6 heteroatoms. The molecule has 2 aromatic rings. The lowest BCUT2D eigenvalue weighted by atomic mass is 10.1. The minimum atomic E-state index is 0.477. The average molecular weight is 346 g/mol. The van der Waals surface area contributed by atoms with E-state index in [1.807, 2.05) is 0 Å². The van der Waals surface area contributed by atoms with Gasteiger partial charge < -0.3 is 10.2 Å². The molecule has 1 N–H and O–H groups in total. The van der Waals surface area contributed by atoms with E-state index < -0.39 is 0 Å². The Balaban J connectivity index is 1.59. The van der Waals surface area contributed by atoms with E-state index in [0.29, 0.717) is 12.0 Å². The second-order valence-electron chi connectivity index (χ2n) is 7.07. The maximum Gasteiger partial charge on any atom is 0.225 e. The van der Waals surface area contributed by atoms with Crippen LogP contribution in [0.15, 0.2) is 11.4 Å². The monoisotopic (exact) mass is 345 g/mol. The summed E-state index contributed by atoms with van der Waals surface area (Å²) in [5.74, 6) is 1.50. The minimum absolute atomic E-state index is 0.477. The molecule has 5 nitrogen and oxygen atoms in total. The first-order valence-corrected chi connectivity index (χ1v) is 9.61. The molecule has 1 saturated heterocycles. The Morgan fingerprint density at radius 2 is 2.08 bits per heavy atom. The van der Waals surface area contributed by atoms with Crippen LogP contribution < -0.4 is 10.2 Å². The average Bonchev–Trinajstić information content (AvgIpc) is 3.12. The Hall–Kier alpha value is -1.53. The molecular formula is C18H27N5S. The number of aryl methyl sites for hydroxylation is 2. The van der Waals surface area contributed by atoms with E-state index in [-0.39, 0.29) is 0 Å². The second-order valence-corrected chi connectivity index (χ2v) is 8.13. The van der Waals surface area contributed by atoms with Gasteiger partial charge in [0.05, 0.1) is 10.7 Å². The zero-order valence-electron chi connectivity index (χ0n) is 15.0. The van der Waals surface area contributed by atoms with Crippen LogP contribution in [0.3, 0.4) is 0 Å². The lowest BCUT2D eigenvalue weighted by molar-refractivity contribution is 0.546. The first-order chi connectivity index (χ1) is 11.5. The van der Waals surface area contributed by atoms with E-state index in [1.54, 1.807) is 11.3 Å². The van der Waals surface area contributed by atoms with E-state index in [9.17, 15) is 0 Å². The van der Waals surface area contributed by atoms with Crippen molar-refractivity contribution in [3.8, 4) is 0 Å². The number of anilines is 1. The molecule has 1 aliphatic rings. The molecule has 0 amide bonds. The Morgan fingerprint density at radius 3 is 2.79 bits per heavy atom. The molecule has 24 heavy (non-hydrogen) atoms. The van der Waals surface area contributed by atoms with Gasteiger partial charge in [0.2, 0.25) is 5.95 Å². The van der Waals surface area contributed by atoms with Gasteiger partial charge in [-0.3, -0.25) is 0 Å². The van der Waals surface area contributed by atoms with Gasteiger partial charge in [-0.2, -0.15) is 0 Å². The third-order valence-corrected chi connectivity index (χ3v) is 5.04. The zero-order valence-corrected chi connectivity index (χ0v) is 15.9. The molecule has 0 radical (unpaired) electrons. The smallest absolute Gasteiger partial charge is 0.225 e. The molecule has 3 heterocycles. The quantitative estimate of drug-likeness (QED) is 0.872. The summed E-state index contributed by atoms with van der Waals surface area (Å²) in [4.78, 5) is 16.3. The van der Waals surface area contributed by atoms with Crippen molar-refractivity contribution in [1.82, 2.24) is 20.3 Å². The molecular weight excluding hydrogens is 318 g/mol. The maximum absolute atomic E-state index is 4.79. The SMILES string of the molecule is Cc1cc(CC(C)C)nc(N2CCC(NCc3csc(C)n3)C2)n1. The highest BCUT2D eigenvalue weighted by Crippen LogP contribution is 2.19. The summed E-state index contributed by atoms with van der Waals surface area (Å²) in [5, 5.41) is 6.89. The number of hydrogen-bond donors (Lipinski definition) is 1. The van der Waals surface area contributed by atoms with E-state index in [1.165, 1.54) is 0 Å². The van der Waals surface area contributed by atoms with E-state index in [2.05, 4.69) is 59.3 Å². The van der Waals surface area contributed by atoms with Gasteiger partial charge in [0.15, 0.2) is 0 Å². The molecule has 130 valence electrons. The summed E-state index contributed by atoms with van der Waals surface area (Å²) in [6.07, 6.45) is 2.13. The summed E-state index contributed by atoms with van der Waals surface area (Å²) in [5.41, 5.74) is 3.36. The minimum Gasteiger partial charge on any atom is -0.339 e. The third-order valence-electron chi connectivity index (χ3n) is 4.22. The Kier molecular flexibility index (Phi) is 5.46. The molecule has 1 atom stereocenters. The molecule has 1 fully saturated rings. The third kappa shape index (κ3) is 4.51. The van der Waals surface area contributed by atoms with Crippen LogP contribution in [0.2, 0.25) is 0 Å². The van der Waals surface area contributed by atoms with E-state index in [4.69, 9.17) is 4.98 Å². The molecule has 1 aliphatic heterocycles. The predicted octanol–water partition coefficient (Wildman–Crippen LogP) is 3.12. The zero-order chi connectivity index (χ0) is 17.1. The number of rotatable bonds is 6. The Morgan fingerprint density at radius 1 is 1.25 bits per heavy atom. The van der Waals surface area contributed by atoms with Gasteiger partial charge in [-0.1, -0.05) is 13.8 Å². The first-order valence-electron chi connectivity index (χ1n) is 8.73. The van der Waals surface area contributed by atoms with Crippen molar-refractivity contribution in [3.05, 3.63) is 33.5 Å². The highest BCUT2D eigenvalue weighted by atomic mass is 32.1. The van der Waals surface area contributed by atoms with Crippen LogP contribution in [-0.4, -0.2) is 34.1 Å². The summed E-state index contributed by atoms with van der Waals surface area (Å²) in [6.45, 7) is 11.4. The van der Waals surface area contributed by atoms with Crippen LogP contribution >= 0.6 is 11.3 Å².